The van der Waals surface area contributed by atoms with Crippen molar-refractivity contribution in [2.75, 3.05) is 0 Å². The molecule has 0 fully saturated rings. The molecule has 1 heterocycles. The summed E-state index contributed by atoms with van der Waals surface area (Å²) in [6.07, 6.45) is 2.79. The van der Waals surface area contributed by atoms with Crippen molar-refractivity contribution >= 4 is 29.0 Å². The van der Waals surface area contributed by atoms with E-state index in [1.54, 1.807) is 30.3 Å². The van der Waals surface area contributed by atoms with Crippen LogP contribution in [0.5, 0.6) is 0 Å². The maximum atomic E-state index is 11.9. The fourth-order valence-electron chi connectivity index (χ4n) is 1.95. The van der Waals surface area contributed by atoms with Crippen LogP contribution < -0.4 is 0 Å². The molecular weight excluding hydrogens is 278 g/mol. The number of halogens is 1. The largest absolute Gasteiger partial charge is 0.459 e. The molecule has 1 aromatic carbocycles. The first-order valence-electron chi connectivity index (χ1n) is 5.84. The van der Waals surface area contributed by atoms with Crippen molar-refractivity contribution in [2.24, 2.45) is 4.99 Å². The van der Waals surface area contributed by atoms with E-state index in [1.807, 2.05) is 0 Å². The van der Waals surface area contributed by atoms with Gasteiger partial charge >= 0.3 is 5.91 Å². The molecule has 20 heavy (non-hydrogen) atoms. The second-order valence-electron chi connectivity index (χ2n) is 4.15. The summed E-state index contributed by atoms with van der Waals surface area (Å²) in [7, 11) is 0. The third-order valence-electron chi connectivity index (χ3n) is 2.88. The normalized spacial score (nSPS) is 15.9. The number of nitrogens with zero attached hydrogens (tertiary/aromatic N) is 1. The Hall–Kier alpha value is -2.46. The Morgan fingerprint density at radius 3 is 2.55 bits per heavy atom. The highest BCUT2D eigenvalue weighted by Gasteiger charge is 2.23. The highest BCUT2D eigenvalue weighted by Crippen LogP contribution is 2.24. The van der Waals surface area contributed by atoms with Gasteiger partial charge in [-0.2, -0.15) is 0 Å². The number of Topliss-reactive ketones (excluding diaryl/α,β-unsaturated/α-hetero) is 1. The number of carbonyl (C=O) groups is 2. The van der Waals surface area contributed by atoms with Crippen molar-refractivity contribution < 1.29 is 14.0 Å². The Bertz CT molecular complexity index is 757. The Balaban J connectivity index is 2.09. The number of allylic oxidation sites excluding steroid dienone is 2. The van der Waals surface area contributed by atoms with Crippen LogP contribution in [0.2, 0.25) is 0 Å². The van der Waals surface area contributed by atoms with Gasteiger partial charge in [-0.1, -0.05) is 35.9 Å². The van der Waals surface area contributed by atoms with Crippen LogP contribution in [-0.4, -0.2) is 17.4 Å². The highest BCUT2D eigenvalue weighted by atomic mass is 35.5. The molecule has 0 aliphatic heterocycles. The predicted octanol–water partition coefficient (Wildman–Crippen LogP) is 3.23. The molecule has 5 heteroatoms. The Kier molecular flexibility index (Phi) is 3.08. The summed E-state index contributed by atoms with van der Waals surface area (Å²) in [5, 5.41) is 0.0368. The van der Waals surface area contributed by atoms with Crippen LogP contribution >= 0.6 is 11.6 Å². The van der Waals surface area contributed by atoms with Gasteiger partial charge in [-0.25, -0.2) is 4.99 Å². The molecule has 1 aromatic heterocycles. The number of rotatable bonds is 1. The second kappa shape index (κ2) is 4.90. The van der Waals surface area contributed by atoms with Crippen molar-refractivity contribution in [2.45, 2.75) is 0 Å². The number of benzene rings is 1. The molecule has 4 nitrogen and oxygen atoms in total. The average Bonchev–Trinajstić information content (AvgIpc) is 2.99. The van der Waals surface area contributed by atoms with Gasteiger partial charge in [-0.15, -0.1) is 0 Å². The Morgan fingerprint density at radius 2 is 1.85 bits per heavy atom. The van der Waals surface area contributed by atoms with Crippen LogP contribution in [-0.2, 0) is 0 Å². The molecule has 0 saturated carbocycles. The van der Waals surface area contributed by atoms with Crippen molar-refractivity contribution in [1.82, 2.24) is 0 Å². The Morgan fingerprint density at radius 1 is 1.10 bits per heavy atom. The van der Waals surface area contributed by atoms with Gasteiger partial charge in [-0.05, 0) is 18.2 Å². The maximum Gasteiger partial charge on any atom is 0.313 e. The molecule has 0 spiro atoms. The van der Waals surface area contributed by atoms with E-state index in [4.69, 9.17) is 16.0 Å². The smallest absolute Gasteiger partial charge is 0.313 e. The van der Waals surface area contributed by atoms with Gasteiger partial charge < -0.3 is 4.42 Å². The number of carbonyl (C=O) groups excluding carboxylic acids is 2. The van der Waals surface area contributed by atoms with Gasteiger partial charge in [0.15, 0.2) is 5.76 Å². The van der Waals surface area contributed by atoms with Crippen LogP contribution in [0.25, 0.3) is 0 Å². The lowest BCUT2D eigenvalue weighted by molar-refractivity contribution is 0.0975. The first-order chi connectivity index (χ1) is 9.66. The molecule has 1 aliphatic carbocycles. The van der Waals surface area contributed by atoms with E-state index in [1.165, 1.54) is 18.4 Å². The van der Waals surface area contributed by atoms with Crippen molar-refractivity contribution in [3.63, 3.8) is 0 Å². The summed E-state index contributed by atoms with van der Waals surface area (Å²) in [5.74, 6) is -0.655. The minimum Gasteiger partial charge on any atom is -0.459 e. The van der Waals surface area contributed by atoms with Crippen LogP contribution in [0, 0.1) is 0 Å². The molecule has 2 aromatic rings. The summed E-state index contributed by atoms with van der Waals surface area (Å²) in [4.78, 5) is 27.8. The quantitative estimate of drug-likeness (QED) is 0.808. The minimum atomic E-state index is -0.519. The molecule has 98 valence electrons. The highest BCUT2D eigenvalue weighted by molar-refractivity contribution is 6.49. The third kappa shape index (κ3) is 2.10. The van der Waals surface area contributed by atoms with Gasteiger partial charge in [-0.3, -0.25) is 9.59 Å². The molecule has 1 amide bonds. The molecule has 0 unspecified atom stereocenters. The monoisotopic (exact) mass is 285 g/mol. The van der Waals surface area contributed by atoms with E-state index in [2.05, 4.69) is 4.99 Å². The number of aliphatic imine (C=N–C) groups is 1. The SMILES string of the molecule is O=C(N=C1C=C(Cl)C(=O)c2ccccc21)c1ccco1. The zero-order chi connectivity index (χ0) is 14.1. The van der Waals surface area contributed by atoms with E-state index < -0.39 is 5.91 Å². The van der Waals surface area contributed by atoms with Gasteiger partial charge in [0.2, 0.25) is 5.78 Å². The number of furan rings is 1. The molecule has 0 N–H and O–H groups in total. The van der Waals surface area contributed by atoms with E-state index in [-0.39, 0.29) is 16.6 Å². The van der Waals surface area contributed by atoms with Gasteiger partial charge in [0.25, 0.3) is 0 Å². The molecule has 0 atom stereocenters. The van der Waals surface area contributed by atoms with Crippen LogP contribution in [0.15, 0.2) is 63.2 Å². The molecular formula is C15H8ClNO3. The van der Waals surface area contributed by atoms with E-state index in [0.717, 1.165) is 0 Å². The summed E-state index contributed by atoms with van der Waals surface area (Å²) in [6.45, 7) is 0. The fraction of sp³-hybridized carbons (Fsp3) is 0. The van der Waals surface area contributed by atoms with Gasteiger partial charge in [0.1, 0.15) is 0 Å². The van der Waals surface area contributed by atoms with Crippen LogP contribution in [0.3, 0.4) is 0 Å². The molecule has 1 aliphatic rings. The molecule has 3 rings (SSSR count). The minimum absolute atomic E-state index is 0.0368. The molecule has 0 saturated heterocycles. The maximum absolute atomic E-state index is 11.9. The van der Waals surface area contributed by atoms with Crippen LogP contribution in [0.4, 0.5) is 0 Å². The lowest BCUT2D eigenvalue weighted by Gasteiger charge is -2.13. The number of hydrogen-bond acceptors (Lipinski definition) is 3. The molecule has 0 bridgehead atoms. The lowest BCUT2D eigenvalue weighted by atomic mass is 9.94. The topological polar surface area (TPSA) is 59.6 Å². The van der Waals surface area contributed by atoms with Crippen LogP contribution in [0.1, 0.15) is 26.5 Å². The number of ketones is 1. The van der Waals surface area contributed by atoms with E-state index in [0.29, 0.717) is 16.8 Å². The van der Waals surface area contributed by atoms with E-state index in [9.17, 15) is 9.59 Å². The third-order valence-corrected chi connectivity index (χ3v) is 3.16. The number of fused-ring (bicyclic) bond motifs is 1. The zero-order valence-electron chi connectivity index (χ0n) is 10.2. The first-order valence-corrected chi connectivity index (χ1v) is 6.22. The van der Waals surface area contributed by atoms with Crippen molar-refractivity contribution in [3.05, 3.63) is 70.7 Å². The fourth-order valence-corrected chi connectivity index (χ4v) is 2.16. The average molecular weight is 286 g/mol. The van der Waals surface area contributed by atoms with E-state index >= 15 is 0 Å². The van der Waals surface area contributed by atoms with Crippen molar-refractivity contribution in [3.8, 4) is 0 Å². The van der Waals surface area contributed by atoms with Crippen molar-refractivity contribution in [1.29, 1.82) is 0 Å². The lowest BCUT2D eigenvalue weighted by Crippen LogP contribution is -2.16. The molecule has 0 radical (unpaired) electrons. The standard InChI is InChI=1S/C15H8ClNO3/c16-11-8-12(17-15(19)13-6-3-7-20-13)9-4-1-2-5-10(9)14(11)18/h1-8H. The second-order valence-corrected chi connectivity index (χ2v) is 4.55. The van der Waals surface area contributed by atoms with Gasteiger partial charge in [0, 0.05) is 11.1 Å². The number of amides is 1. The Labute approximate surface area is 119 Å². The number of hydrogen-bond donors (Lipinski definition) is 0. The summed E-state index contributed by atoms with van der Waals surface area (Å²) < 4.78 is 5.00. The summed E-state index contributed by atoms with van der Waals surface area (Å²) in [5.41, 5.74) is 1.37. The predicted molar refractivity (Wildman–Crippen MR) is 74.3 cm³/mol. The summed E-state index contributed by atoms with van der Waals surface area (Å²) in [6, 6.07) is 10.0. The first kappa shape index (κ1) is 12.6. The van der Waals surface area contributed by atoms with Gasteiger partial charge in [0.05, 0.1) is 17.0 Å². The zero-order valence-corrected chi connectivity index (χ0v) is 10.9. The summed E-state index contributed by atoms with van der Waals surface area (Å²) >= 11 is 5.89.